The molecule has 82 valence electrons. The van der Waals surface area contributed by atoms with E-state index in [1.54, 1.807) is 0 Å². The van der Waals surface area contributed by atoms with Gasteiger partial charge in [0, 0.05) is 18.6 Å². The Morgan fingerprint density at radius 2 is 2.07 bits per heavy atom. The number of carbonyl (C=O) groups is 1. The Balaban J connectivity index is 1.84. The van der Waals surface area contributed by atoms with E-state index in [4.69, 9.17) is 0 Å². The molecule has 0 unspecified atom stereocenters. The Hall–Kier alpha value is -0.770. The molecule has 3 N–H and O–H groups in total. The van der Waals surface area contributed by atoms with E-state index in [1.807, 2.05) is 13.8 Å². The highest BCUT2D eigenvalue weighted by Gasteiger charge is 2.19. The SMILES string of the molecule is CC(C)NC(=O)NCCCNC1CC1. The number of carbonyl (C=O) groups excluding carboxylic acids is 1. The molecule has 0 bridgehead atoms. The Morgan fingerprint density at radius 3 is 2.64 bits per heavy atom. The smallest absolute Gasteiger partial charge is 0.314 e. The maximum atomic E-state index is 11.1. The van der Waals surface area contributed by atoms with Crippen molar-refractivity contribution in [1.82, 2.24) is 16.0 Å². The third-order valence-electron chi connectivity index (χ3n) is 2.07. The van der Waals surface area contributed by atoms with Crippen molar-refractivity contribution in [2.24, 2.45) is 0 Å². The van der Waals surface area contributed by atoms with Crippen LogP contribution in [-0.4, -0.2) is 31.2 Å². The first-order valence-corrected chi connectivity index (χ1v) is 5.46. The van der Waals surface area contributed by atoms with Crippen LogP contribution in [0.4, 0.5) is 4.79 Å². The number of hydrogen-bond acceptors (Lipinski definition) is 2. The topological polar surface area (TPSA) is 53.2 Å². The minimum Gasteiger partial charge on any atom is -0.338 e. The van der Waals surface area contributed by atoms with E-state index in [0.29, 0.717) is 0 Å². The first kappa shape index (κ1) is 11.3. The summed E-state index contributed by atoms with van der Waals surface area (Å²) in [5, 5.41) is 9.00. The second kappa shape index (κ2) is 5.86. The first-order valence-electron chi connectivity index (χ1n) is 5.46. The lowest BCUT2D eigenvalue weighted by Gasteiger charge is -2.09. The highest BCUT2D eigenvalue weighted by Crippen LogP contribution is 2.18. The molecule has 1 rings (SSSR count). The minimum absolute atomic E-state index is 0.0635. The summed E-state index contributed by atoms with van der Waals surface area (Å²) in [5.74, 6) is 0. The quantitative estimate of drug-likeness (QED) is 0.555. The Morgan fingerprint density at radius 1 is 1.36 bits per heavy atom. The van der Waals surface area contributed by atoms with Crippen molar-refractivity contribution >= 4 is 6.03 Å². The molecular weight excluding hydrogens is 178 g/mol. The van der Waals surface area contributed by atoms with Crippen LogP contribution in [0.25, 0.3) is 0 Å². The van der Waals surface area contributed by atoms with E-state index in [2.05, 4.69) is 16.0 Å². The molecule has 0 aliphatic heterocycles. The number of urea groups is 1. The van der Waals surface area contributed by atoms with E-state index in [-0.39, 0.29) is 12.1 Å². The Kier molecular flexibility index (Phi) is 4.73. The van der Waals surface area contributed by atoms with Crippen LogP contribution in [0.15, 0.2) is 0 Å². The molecule has 0 heterocycles. The Bertz CT molecular complexity index is 178. The van der Waals surface area contributed by atoms with Crippen molar-refractivity contribution in [3.63, 3.8) is 0 Å². The van der Waals surface area contributed by atoms with Crippen LogP contribution in [0.1, 0.15) is 33.1 Å². The Labute approximate surface area is 85.8 Å². The third-order valence-corrected chi connectivity index (χ3v) is 2.07. The van der Waals surface area contributed by atoms with Gasteiger partial charge in [-0.05, 0) is 39.7 Å². The summed E-state index contributed by atoms with van der Waals surface area (Å²) in [7, 11) is 0. The molecule has 1 saturated carbocycles. The van der Waals surface area contributed by atoms with Crippen LogP contribution in [0.5, 0.6) is 0 Å². The molecule has 0 saturated heterocycles. The fraction of sp³-hybridized carbons (Fsp3) is 0.900. The standard InChI is InChI=1S/C10H21N3O/c1-8(2)13-10(14)12-7-3-6-11-9-4-5-9/h8-9,11H,3-7H2,1-2H3,(H2,12,13,14). The molecule has 0 radical (unpaired) electrons. The van der Waals surface area contributed by atoms with Crippen molar-refractivity contribution in [3.05, 3.63) is 0 Å². The summed E-state index contributed by atoms with van der Waals surface area (Å²) in [4.78, 5) is 11.1. The minimum atomic E-state index is -0.0635. The molecular formula is C10H21N3O. The lowest BCUT2D eigenvalue weighted by atomic mass is 10.4. The maximum absolute atomic E-state index is 11.1. The first-order chi connectivity index (χ1) is 6.68. The van der Waals surface area contributed by atoms with Crippen molar-refractivity contribution in [2.45, 2.75) is 45.2 Å². The van der Waals surface area contributed by atoms with Gasteiger partial charge in [0.25, 0.3) is 0 Å². The predicted octanol–water partition coefficient (Wildman–Crippen LogP) is 0.836. The van der Waals surface area contributed by atoms with E-state index < -0.39 is 0 Å². The molecule has 1 aliphatic rings. The van der Waals surface area contributed by atoms with Gasteiger partial charge in [0.05, 0.1) is 0 Å². The van der Waals surface area contributed by atoms with Crippen LogP contribution < -0.4 is 16.0 Å². The van der Waals surface area contributed by atoms with E-state index in [0.717, 1.165) is 25.6 Å². The summed E-state index contributed by atoms with van der Waals surface area (Å²) in [6.45, 7) is 5.66. The lowest BCUT2D eigenvalue weighted by molar-refractivity contribution is 0.238. The monoisotopic (exact) mass is 199 g/mol. The molecule has 0 spiro atoms. The summed E-state index contributed by atoms with van der Waals surface area (Å²) in [6.07, 6.45) is 3.64. The second-order valence-electron chi connectivity index (χ2n) is 4.14. The molecule has 0 aromatic heterocycles. The summed E-state index contributed by atoms with van der Waals surface area (Å²) in [6, 6.07) is 0.908. The average molecular weight is 199 g/mol. The van der Waals surface area contributed by atoms with Crippen molar-refractivity contribution in [1.29, 1.82) is 0 Å². The van der Waals surface area contributed by atoms with E-state index in [9.17, 15) is 4.79 Å². The van der Waals surface area contributed by atoms with Gasteiger partial charge in [-0.2, -0.15) is 0 Å². The van der Waals surface area contributed by atoms with Gasteiger partial charge < -0.3 is 16.0 Å². The van der Waals surface area contributed by atoms with Crippen molar-refractivity contribution in [2.75, 3.05) is 13.1 Å². The zero-order valence-electron chi connectivity index (χ0n) is 9.10. The average Bonchev–Trinajstić information content (AvgIpc) is 2.86. The van der Waals surface area contributed by atoms with Gasteiger partial charge in [-0.3, -0.25) is 0 Å². The summed E-state index contributed by atoms with van der Waals surface area (Å²) >= 11 is 0. The highest BCUT2D eigenvalue weighted by atomic mass is 16.2. The lowest BCUT2D eigenvalue weighted by Crippen LogP contribution is -2.40. The third kappa shape index (κ3) is 5.80. The summed E-state index contributed by atoms with van der Waals surface area (Å²) < 4.78 is 0. The molecule has 14 heavy (non-hydrogen) atoms. The largest absolute Gasteiger partial charge is 0.338 e. The molecule has 4 nitrogen and oxygen atoms in total. The molecule has 0 aromatic carbocycles. The molecule has 0 atom stereocenters. The van der Waals surface area contributed by atoms with Crippen LogP contribution >= 0.6 is 0 Å². The fourth-order valence-electron chi connectivity index (χ4n) is 1.20. The predicted molar refractivity (Wildman–Crippen MR) is 57.3 cm³/mol. The van der Waals surface area contributed by atoms with Gasteiger partial charge in [0.15, 0.2) is 0 Å². The molecule has 2 amide bonds. The molecule has 4 heteroatoms. The number of hydrogen-bond donors (Lipinski definition) is 3. The van der Waals surface area contributed by atoms with Gasteiger partial charge in [-0.25, -0.2) is 4.79 Å². The summed E-state index contributed by atoms with van der Waals surface area (Å²) in [5.41, 5.74) is 0. The van der Waals surface area contributed by atoms with Gasteiger partial charge in [-0.15, -0.1) is 0 Å². The zero-order valence-corrected chi connectivity index (χ0v) is 9.10. The van der Waals surface area contributed by atoms with Gasteiger partial charge in [0.1, 0.15) is 0 Å². The number of rotatable bonds is 6. The molecule has 1 fully saturated rings. The van der Waals surface area contributed by atoms with Crippen molar-refractivity contribution < 1.29 is 4.79 Å². The van der Waals surface area contributed by atoms with E-state index in [1.165, 1.54) is 12.8 Å². The maximum Gasteiger partial charge on any atom is 0.314 e. The van der Waals surface area contributed by atoms with Gasteiger partial charge in [0.2, 0.25) is 0 Å². The molecule has 1 aliphatic carbocycles. The van der Waals surface area contributed by atoms with Crippen LogP contribution in [0, 0.1) is 0 Å². The van der Waals surface area contributed by atoms with Crippen LogP contribution in [-0.2, 0) is 0 Å². The van der Waals surface area contributed by atoms with Crippen molar-refractivity contribution in [3.8, 4) is 0 Å². The zero-order chi connectivity index (χ0) is 10.4. The van der Waals surface area contributed by atoms with E-state index >= 15 is 0 Å². The highest BCUT2D eigenvalue weighted by molar-refractivity contribution is 5.73. The fourth-order valence-corrected chi connectivity index (χ4v) is 1.20. The number of amides is 2. The van der Waals surface area contributed by atoms with Gasteiger partial charge in [-0.1, -0.05) is 0 Å². The normalized spacial score (nSPS) is 15.6. The van der Waals surface area contributed by atoms with Crippen LogP contribution in [0.2, 0.25) is 0 Å². The van der Waals surface area contributed by atoms with Crippen LogP contribution in [0.3, 0.4) is 0 Å². The molecule has 0 aromatic rings. The van der Waals surface area contributed by atoms with Gasteiger partial charge >= 0.3 is 6.03 Å². The second-order valence-corrected chi connectivity index (χ2v) is 4.14. The number of nitrogens with one attached hydrogen (secondary N) is 3.